The number of nitrogens with zero attached hydrogens (tertiary/aromatic N) is 1. The molecule has 0 spiro atoms. The number of carbonyl (C=O) groups excluding carboxylic acids is 1. The zero-order chi connectivity index (χ0) is 19.7. The van der Waals surface area contributed by atoms with Crippen LogP contribution in [-0.2, 0) is 4.74 Å². The van der Waals surface area contributed by atoms with Crippen molar-refractivity contribution in [2.45, 2.75) is 16.0 Å². The molecule has 140 valence electrons. The Hall–Kier alpha value is -3.03. The topological polar surface area (TPSA) is 81.5 Å². The molecule has 0 aliphatic carbocycles. The lowest BCUT2D eigenvalue weighted by Gasteiger charge is -2.17. The molecule has 1 atom stereocenters. The van der Waals surface area contributed by atoms with Gasteiger partial charge in [-0.15, -0.1) is 0 Å². The third-order valence-corrected chi connectivity index (χ3v) is 5.58. The molecule has 0 aromatic heterocycles. The molecule has 6 nitrogen and oxygen atoms in total. The molecular weight excluding hydrogens is 400 g/mol. The van der Waals surface area contributed by atoms with E-state index in [0.717, 1.165) is 10.5 Å². The number of esters is 1. The number of nitro groups is 1. The van der Waals surface area contributed by atoms with E-state index in [4.69, 9.17) is 16.3 Å². The lowest BCUT2D eigenvalue weighted by Crippen LogP contribution is -2.10. The van der Waals surface area contributed by atoms with Gasteiger partial charge in [-0.05, 0) is 30.3 Å². The average Bonchev–Trinajstić information content (AvgIpc) is 3.00. The Morgan fingerprint density at radius 1 is 1.04 bits per heavy atom. The standard InChI is InChI=1S/C20H13ClN2O4S/c21-12-9-10-18(16(11-12)23(25)26)28-17-8-4-3-7-15(17)22-19-13-5-1-2-6-14(13)20(24)27-19/h1-11,19,22H/t19-/m0/s1. The molecule has 8 heteroatoms. The summed E-state index contributed by atoms with van der Waals surface area (Å²) in [6.45, 7) is 0. The molecular formula is C20H13ClN2O4S. The third kappa shape index (κ3) is 3.54. The van der Waals surface area contributed by atoms with Gasteiger partial charge in [0.25, 0.3) is 5.69 Å². The quantitative estimate of drug-likeness (QED) is 0.330. The second kappa shape index (κ2) is 7.53. The van der Waals surface area contributed by atoms with Gasteiger partial charge in [0.15, 0.2) is 0 Å². The van der Waals surface area contributed by atoms with Gasteiger partial charge in [0, 0.05) is 21.5 Å². The largest absolute Gasteiger partial charge is 0.434 e. The van der Waals surface area contributed by atoms with Crippen molar-refractivity contribution in [1.29, 1.82) is 0 Å². The highest BCUT2D eigenvalue weighted by Crippen LogP contribution is 2.41. The highest BCUT2D eigenvalue weighted by molar-refractivity contribution is 7.99. The van der Waals surface area contributed by atoms with Crippen LogP contribution in [-0.4, -0.2) is 10.9 Å². The van der Waals surface area contributed by atoms with Gasteiger partial charge in [0.2, 0.25) is 6.23 Å². The van der Waals surface area contributed by atoms with Gasteiger partial charge in [-0.2, -0.15) is 0 Å². The number of benzene rings is 3. The Kier molecular flexibility index (Phi) is 4.93. The number of fused-ring (bicyclic) bond motifs is 1. The molecule has 0 saturated carbocycles. The summed E-state index contributed by atoms with van der Waals surface area (Å²) < 4.78 is 5.43. The number of nitro benzene ring substituents is 1. The molecule has 0 saturated heterocycles. The van der Waals surface area contributed by atoms with Crippen molar-refractivity contribution in [1.82, 2.24) is 0 Å². The van der Waals surface area contributed by atoms with E-state index in [9.17, 15) is 14.9 Å². The first-order valence-electron chi connectivity index (χ1n) is 8.30. The molecule has 1 heterocycles. The van der Waals surface area contributed by atoms with E-state index in [1.807, 2.05) is 36.4 Å². The van der Waals surface area contributed by atoms with Crippen LogP contribution in [0.3, 0.4) is 0 Å². The molecule has 0 unspecified atom stereocenters. The van der Waals surface area contributed by atoms with E-state index in [0.29, 0.717) is 21.2 Å². The van der Waals surface area contributed by atoms with Crippen molar-refractivity contribution in [3.8, 4) is 0 Å². The van der Waals surface area contributed by atoms with Gasteiger partial charge in [-0.3, -0.25) is 10.1 Å². The van der Waals surface area contributed by atoms with Crippen LogP contribution in [0.15, 0.2) is 76.5 Å². The Morgan fingerprint density at radius 2 is 1.79 bits per heavy atom. The van der Waals surface area contributed by atoms with Gasteiger partial charge in [-0.1, -0.05) is 53.7 Å². The maximum absolute atomic E-state index is 12.0. The van der Waals surface area contributed by atoms with Crippen molar-refractivity contribution in [3.63, 3.8) is 0 Å². The minimum atomic E-state index is -0.620. The monoisotopic (exact) mass is 412 g/mol. The predicted octanol–water partition coefficient (Wildman–Crippen LogP) is 5.68. The SMILES string of the molecule is O=C1O[C@H](Nc2ccccc2Sc2ccc(Cl)cc2[N+](=O)[O-])c2ccccc21. The van der Waals surface area contributed by atoms with Crippen LogP contribution in [0.2, 0.25) is 5.02 Å². The highest BCUT2D eigenvalue weighted by atomic mass is 35.5. The zero-order valence-corrected chi connectivity index (χ0v) is 15.9. The lowest BCUT2D eigenvalue weighted by molar-refractivity contribution is -0.387. The highest BCUT2D eigenvalue weighted by Gasteiger charge is 2.31. The molecule has 1 aliphatic heterocycles. The Labute approximate surface area is 169 Å². The fourth-order valence-corrected chi connectivity index (χ4v) is 4.07. The number of halogens is 1. The maximum atomic E-state index is 12.0. The smallest absolute Gasteiger partial charge is 0.340 e. The summed E-state index contributed by atoms with van der Waals surface area (Å²) in [5.41, 5.74) is 1.92. The van der Waals surface area contributed by atoms with Crippen LogP contribution < -0.4 is 5.32 Å². The summed E-state index contributed by atoms with van der Waals surface area (Å²) in [6, 6.07) is 19.1. The summed E-state index contributed by atoms with van der Waals surface area (Å²) in [5.74, 6) is -0.383. The van der Waals surface area contributed by atoms with E-state index in [2.05, 4.69) is 5.32 Å². The van der Waals surface area contributed by atoms with Crippen LogP contribution in [0, 0.1) is 10.1 Å². The summed E-state index contributed by atoms with van der Waals surface area (Å²) in [6.07, 6.45) is -0.620. The normalized spacial score (nSPS) is 15.0. The first kappa shape index (κ1) is 18.3. The maximum Gasteiger partial charge on any atom is 0.340 e. The van der Waals surface area contributed by atoms with Gasteiger partial charge < -0.3 is 10.1 Å². The molecule has 1 N–H and O–H groups in total. The summed E-state index contributed by atoms with van der Waals surface area (Å²) in [4.78, 5) is 24.2. The van der Waals surface area contributed by atoms with Crippen molar-refractivity contribution in [2.75, 3.05) is 5.32 Å². The number of rotatable bonds is 5. The van der Waals surface area contributed by atoms with E-state index in [1.165, 1.54) is 17.8 Å². The summed E-state index contributed by atoms with van der Waals surface area (Å²) in [5, 5.41) is 14.9. The number of carbonyl (C=O) groups is 1. The molecule has 3 aromatic carbocycles. The van der Waals surface area contributed by atoms with E-state index in [1.54, 1.807) is 24.3 Å². The van der Waals surface area contributed by atoms with E-state index in [-0.39, 0.29) is 11.7 Å². The first-order chi connectivity index (χ1) is 13.5. The number of hydrogen-bond acceptors (Lipinski definition) is 6. The summed E-state index contributed by atoms with van der Waals surface area (Å²) >= 11 is 7.14. The van der Waals surface area contributed by atoms with Crippen LogP contribution in [0.1, 0.15) is 22.1 Å². The molecule has 3 aromatic rings. The van der Waals surface area contributed by atoms with Crippen molar-refractivity contribution >= 4 is 40.7 Å². The Balaban J connectivity index is 1.64. The molecule has 0 bridgehead atoms. The predicted molar refractivity (Wildman–Crippen MR) is 107 cm³/mol. The number of anilines is 1. The number of ether oxygens (including phenoxy) is 1. The zero-order valence-electron chi connectivity index (χ0n) is 14.3. The van der Waals surface area contributed by atoms with E-state index >= 15 is 0 Å². The summed E-state index contributed by atoms with van der Waals surface area (Å²) in [7, 11) is 0. The molecule has 0 fully saturated rings. The Bertz CT molecular complexity index is 1090. The average molecular weight is 413 g/mol. The third-order valence-electron chi connectivity index (χ3n) is 4.20. The van der Waals surface area contributed by atoms with Crippen molar-refractivity contribution in [2.24, 2.45) is 0 Å². The second-order valence-electron chi connectivity index (χ2n) is 5.98. The first-order valence-corrected chi connectivity index (χ1v) is 9.49. The second-order valence-corrected chi connectivity index (χ2v) is 7.50. The molecule has 1 aliphatic rings. The van der Waals surface area contributed by atoms with Crippen LogP contribution >= 0.6 is 23.4 Å². The molecule has 0 amide bonds. The van der Waals surface area contributed by atoms with Crippen LogP contribution in [0.25, 0.3) is 0 Å². The van der Waals surface area contributed by atoms with Crippen molar-refractivity contribution in [3.05, 3.63) is 93.0 Å². The fourth-order valence-electron chi connectivity index (χ4n) is 2.91. The van der Waals surface area contributed by atoms with Crippen LogP contribution in [0.5, 0.6) is 0 Å². The molecule has 28 heavy (non-hydrogen) atoms. The lowest BCUT2D eigenvalue weighted by atomic mass is 10.1. The fraction of sp³-hybridized carbons (Fsp3) is 0.0500. The minimum absolute atomic E-state index is 0.0649. The van der Waals surface area contributed by atoms with Gasteiger partial charge in [0.1, 0.15) is 0 Å². The number of para-hydroxylation sites is 1. The Morgan fingerprint density at radius 3 is 2.61 bits per heavy atom. The van der Waals surface area contributed by atoms with Crippen molar-refractivity contribution < 1.29 is 14.5 Å². The van der Waals surface area contributed by atoms with Gasteiger partial charge in [0.05, 0.1) is 21.1 Å². The number of hydrogen-bond donors (Lipinski definition) is 1. The minimum Gasteiger partial charge on any atom is -0.434 e. The molecule has 4 rings (SSSR count). The molecule has 0 radical (unpaired) electrons. The van der Waals surface area contributed by atoms with Crippen LogP contribution in [0.4, 0.5) is 11.4 Å². The van der Waals surface area contributed by atoms with Gasteiger partial charge in [-0.25, -0.2) is 4.79 Å². The van der Waals surface area contributed by atoms with E-state index < -0.39 is 11.2 Å². The number of nitrogens with one attached hydrogen (secondary N) is 1. The number of cyclic esters (lactones) is 1. The van der Waals surface area contributed by atoms with Gasteiger partial charge >= 0.3 is 5.97 Å².